The summed E-state index contributed by atoms with van der Waals surface area (Å²) in [5.41, 5.74) is 2.84. The first-order valence-electron chi connectivity index (χ1n) is 6.59. The van der Waals surface area contributed by atoms with Gasteiger partial charge in [0.15, 0.2) is 0 Å². The summed E-state index contributed by atoms with van der Waals surface area (Å²) >= 11 is 4.33. The molecule has 1 aliphatic heterocycles. The van der Waals surface area contributed by atoms with Gasteiger partial charge in [-0.15, -0.1) is 12.6 Å². The van der Waals surface area contributed by atoms with Gasteiger partial charge in [-0.2, -0.15) is 5.26 Å². The summed E-state index contributed by atoms with van der Waals surface area (Å²) < 4.78 is 7.00. The number of ether oxygens (including phenoxy) is 1. The van der Waals surface area contributed by atoms with E-state index in [2.05, 4.69) is 18.7 Å². The van der Waals surface area contributed by atoms with Crippen LogP contribution in [0.4, 0.5) is 0 Å². The lowest BCUT2D eigenvalue weighted by Gasteiger charge is -2.40. The third-order valence-electron chi connectivity index (χ3n) is 4.61. The fourth-order valence-corrected chi connectivity index (χ4v) is 3.78. The van der Waals surface area contributed by atoms with Gasteiger partial charge in [0.25, 0.3) is 0 Å². The van der Waals surface area contributed by atoms with Crippen molar-refractivity contribution >= 4 is 19.0 Å². The fourth-order valence-electron chi connectivity index (χ4n) is 3.43. The zero-order valence-corrected chi connectivity index (χ0v) is 11.6. The van der Waals surface area contributed by atoms with Gasteiger partial charge in [0, 0.05) is 18.9 Å². The summed E-state index contributed by atoms with van der Waals surface area (Å²) in [5.74, 6) is 0. The van der Waals surface area contributed by atoms with Gasteiger partial charge in [0.05, 0.1) is 10.6 Å². The molecule has 2 heterocycles. The standard InChI is InChI=1S/C14H16N2O2S/c15-8-11-10-1-2-14(3-5-18-6-4-14)7-12(10)16(9-17)13(11)19/h9,19H,1-7H2. The first-order chi connectivity index (χ1) is 9.21. The van der Waals surface area contributed by atoms with Crippen LogP contribution in [0.5, 0.6) is 0 Å². The molecule has 4 nitrogen and oxygen atoms in total. The van der Waals surface area contributed by atoms with Gasteiger partial charge in [-0.3, -0.25) is 9.36 Å². The van der Waals surface area contributed by atoms with Crippen LogP contribution in [0.15, 0.2) is 5.03 Å². The molecule has 1 fully saturated rings. The fraction of sp³-hybridized carbons (Fsp3) is 0.571. The number of carbonyl (C=O) groups is 1. The van der Waals surface area contributed by atoms with Crippen LogP contribution >= 0.6 is 12.6 Å². The molecule has 19 heavy (non-hydrogen) atoms. The molecule has 1 spiro atoms. The van der Waals surface area contributed by atoms with E-state index in [4.69, 9.17) is 4.74 Å². The van der Waals surface area contributed by atoms with Crippen molar-refractivity contribution in [3.63, 3.8) is 0 Å². The Morgan fingerprint density at radius 3 is 2.74 bits per heavy atom. The summed E-state index contributed by atoms with van der Waals surface area (Å²) in [6.07, 6.45) is 5.67. The number of hydrogen-bond acceptors (Lipinski definition) is 4. The van der Waals surface area contributed by atoms with E-state index in [1.54, 1.807) is 4.57 Å². The Kier molecular flexibility index (Phi) is 3.15. The van der Waals surface area contributed by atoms with Crippen LogP contribution in [0.3, 0.4) is 0 Å². The van der Waals surface area contributed by atoms with Crippen LogP contribution in [0.25, 0.3) is 0 Å². The lowest BCUT2D eigenvalue weighted by atomic mass is 9.68. The molecule has 0 N–H and O–H groups in total. The number of hydrogen-bond donors (Lipinski definition) is 1. The molecular formula is C14H16N2O2S. The minimum atomic E-state index is 0.247. The third kappa shape index (κ3) is 1.90. The zero-order chi connectivity index (χ0) is 13.5. The van der Waals surface area contributed by atoms with Crippen LogP contribution in [0.2, 0.25) is 0 Å². The highest BCUT2D eigenvalue weighted by atomic mass is 32.1. The van der Waals surface area contributed by atoms with Gasteiger partial charge in [0.2, 0.25) is 6.41 Å². The molecule has 0 unspecified atom stereocenters. The first kappa shape index (κ1) is 12.8. The van der Waals surface area contributed by atoms with Crippen LogP contribution in [-0.4, -0.2) is 24.2 Å². The molecule has 0 radical (unpaired) electrons. The van der Waals surface area contributed by atoms with Gasteiger partial charge < -0.3 is 4.74 Å². The number of fused-ring (bicyclic) bond motifs is 1. The van der Waals surface area contributed by atoms with Crippen molar-refractivity contribution in [3.8, 4) is 6.07 Å². The molecule has 1 aliphatic carbocycles. The van der Waals surface area contributed by atoms with Crippen molar-refractivity contribution in [2.75, 3.05) is 13.2 Å². The minimum absolute atomic E-state index is 0.247. The second-order valence-electron chi connectivity index (χ2n) is 5.50. The lowest BCUT2D eigenvalue weighted by Crippen LogP contribution is -2.35. The van der Waals surface area contributed by atoms with E-state index >= 15 is 0 Å². The third-order valence-corrected chi connectivity index (χ3v) is 5.05. The predicted molar refractivity (Wildman–Crippen MR) is 73.1 cm³/mol. The lowest BCUT2D eigenvalue weighted by molar-refractivity contribution is 0.00684. The molecule has 3 rings (SSSR count). The van der Waals surface area contributed by atoms with E-state index < -0.39 is 0 Å². The van der Waals surface area contributed by atoms with Crippen LogP contribution < -0.4 is 0 Å². The van der Waals surface area contributed by atoms with Gasteiger partial charge in [0.1, 0.15) is 6.07 Å². The highest BCUT2D eigenvalue weighted by Gasteiger charge is 2.39. The smallest absolute Gasteiger partial charge is 0.218 e. The maximum absolute atomic E-state index is 11.3. The van der Waals surface area contributed by atoms with Gasteiger partial charge in [-0.05, 0) is 43.1 Å². The molecular weight excluding hydrogens is 260 g/mol. The molecule has 1 aromatic rings. The quantitative estimate of drug-likeness (QED) is 0.630. The number of carbonyl (C=O) groups excluding carboxylic acids is 1. The molecule has 100 valence electrons. The molecule has 5 heteroatoms. The Balaban J connectivity index is 2.05. The second-order valence-corrected chi connectivity index (χ2v) is 5.92. The van der Waals surface area contributed by atoms with Crippen LogP contribution in [0, 0.1) is 16.7 Å². The number of nitrogens with zero attached hydrogens (tertiary/aromatic N) is 2. The molecule has 0 bridgehead atoms. The molecule has 1 saturated heterocycles. The molecule has 1 aromatic heterocycles. The van der Waals surface area contributed by atoms with E-state index in [0.29, 0.717) is 10.6 Å². The molecule has 0 amide bonds. The van der Waals surface area contributed by atoms with E-state index in [1.165, 1.54) is 0 Å². The molecule has 0 saturated carbocycles. The Labute approximate surface area is 117 Å². The SMILES string of the molecule is N#Cc1c2c(n(C=O)c1S)CC1(CCOCC1)CC2. The Bertz CT molecular complexity index is 565. The Hall–Kier alpha value is -1.25. The number of aromatic nitrogens is 1. The second kappa shape index (κ2) is 4.69. The van der Waals surface area contributed by atoms with E-state index in [-0.39, 0.29) is 5.41 Å². The zero-order valence-electron chi connectivity index (χ0n) is 10.7. The average molecular weight is 276 g/mol. The van der Waals surface area contributed by atoms with Gasteiger partial charge in [-0.25, -0.2) is 0 Å². The summed E-state index contributed by atoms with van der Waals surface area (Å²) in [4.78, 5) is 11.3. The maximum atomic E-state index is 11.3. The number of nitriles is 1. The van der Waals surface area contributed by atoms with Crippen molar-refractivity contribution in [2.24, 2.45) is 5.41 Å². The summed E-state index contributed by atoms with van der Waals surface area (Å²) in [5, 5.41) is 9.73. The number of thiol groups is 1. The minimum Gasteiger partial charge on any atom is -0.381 e. The van der Waals surface area contributed by atoms with Gasteiger partial charge >= 0.3 is 0 Å². The predicted octanol–water partition coefficient (Wildman–Crippen LogP) is 1.97. The van der Waals surface area contributed by atoms with Crippen molar-refractivity contribution in [1.82, 2.24) is 4.57 Å². The maximum Gasteiger partial charge on any atom is 0.218 e. The summed E-state index contributed by atoms with van der Waals surface area (Å²) in [7, 11) is 0. The summed E-state index contributed by atoms with van der Waals surface area (Å²) in [6.45, 7) is 1.60. The highest BCUT2D eigenvalue weighted by molar-refractivity contribution is 7.80. The normalized spacial score (nSPS) is 20.8. The average Bonchev–Trinajstić information content (AvgIpc) is 2.69. The number of rotatable bonds is 1. The van der Waals surface area contributed by atoms with Crippen molar-refractivity contribution < 1.29 is 9.53 Å². The van der Waals surface area contributed by atoms with Gasteiger partial charge in [-0.1, -0.05) is 0 Å². The van der Waals surface area contributed by atoms with E-state index in [0.717, 1.165) is 63.0 Å². The van der Waals surface area contributed by atoms with Crippen molar-refractivity contribution in [3.05, 3.63) is 16.8 Å². The first-order valence-corrected chi connectivity index (χ1v) is 7.03. The molecule has 0 aromatic carbocycles. The monoisotopic (exact) mass is 276 g/mol. The molecule has 0 atom stereocenters. The van der Waals surface area contributed by atoms with Crippen molar-refractivity contribution in [1.29, 1.82) is 5.26 Å². The Morgan fingerprint density at radius 1 is 1.37 bits per heavy atom. The Morgan fingerprint density at radius 2 is 2.11 bits per heavy atom. The molecule has 2 aliphatic rings. The topological polar surface area (TPSA) is 55.0 Å². The summed E-state index contributed by atoms with van der Waals surface area (Å²) in [6, 6.07) is 2.19. The largest absolute Gasteiger partial charge is 0.381 e. The van der Waals surface area contributed by atoms with Crippen LogP contribution in [0.1, 0.15) is 36.1 Å². The van der Waals surface area contributed by atoms with Crippen molar-refractivity contribution in [2.45, 2.75) is 37.1 Å². The van der Waals surface area contributed by atoms with E-state index in [1.807, 2.05) is 0 Å². The van der Waals surface area contributed by atoms with Crippen LogP contribution in [-0.2, 0) is 22.4 Å². The highest BCUT2D eigenvalue weighted by Crippen LogP contribution is 2.45. The van der Waals surface area contributed by atoms with E-state index in [9.17, 15) is 10.1 Å².